The summed E-state index contributed by atoms with van der Waals surface area (Å²) in [5.41, 5.74) is 6.23. The Morgan fingerprint density at radius 1 is 1.44 bits per heavy atom. The van der Waals surface area contributed by atoms with Crippen LogP contribution in [0.1, 0.15) is 17.3 Å². The van der Waals surface area contributed by atoms with Gasteiger partial charge in [-0.3, -0.25) is 4.79 Å². The summed E-state index contributed by atoms with van der Waals surface area (Å²) in [6, 6.07) is 7.19. The maximum Gasteiger partial charge on any atom is 0.179 e. The quantitative estimate of drug-likeness (QED) is 0.810. The molecule has 1 fully saturated rings. The summed E-state index contributed by atoms with van der Waals surface area (Å²) in [4.78, 5) is 12.8. The highest BCUT2D eigenvalue weighted by Crippen LogP contribution is 2.28. The number of thioether (sulfide) groups is 1. The van der Waals surface area contributed by atoms with Crippen LogP contribution >= 0.6 is 11.8 Å². The molecule has 0 spiro atoms. The lowest BCUT2D eigenvalue weighted by Crippen LogP contribution is -2.30. The first-order chi connectivity index (χ1) is 7.66. The second-order valence-electron chi connectivity index (χ2n) is 3.95. The molecule has 2 rings (SSSR count). The van der Waals surface area contributed by atoms with Crippen molar-refractivity contribution in [3.8, 4) is 0 Å². The first kappa shape index (κ1) is 11.6. The third-order valence-corrected chi connectivity index (χ3v) is 3.61. The van der Waals surface area contributed by atoms with Crippen LogP contribution in [0.4, 0.5) is 0 Å². The monoisotopic (exact) mass is 237 g/mol. The number of ether oxygens (including phenoxy) is 1. The van der Waals surface area contributed by atoms with Gasteiger partial charge in [-0.2, -0.15) is 0 Å². The van der Waals surface area contributed by atoms with Crippen LogP contribution < -0.4 is 5.73 Å². The average molecular weight is 237 g/mol. The number of carbonyl (C=O) groups is 1. The Balaban J connectivity index is 2.00. The normalized spacial score (nSPS) is 17.9. The fourth-order valence-corrected chi connectivity index (χ4v) is 2.44. The van der Waals surface area contributed by atoms with Crippen molar-refractivity contribution in [1.82, 2.24) is 0 Å². The summed E-state index contributed by atoms with van der Waals surface area (Å²) in [5, 5.41) is 0.565. The molecule has 1 aliphatic heterocycles. The number of ketones is 1. The molecule has 1 unspecified atom stereocenters. The molecule has 1 aromatic rings. The summed E-state index contributed by atoms with van der Waals surface area (Å²) in [7, 11) is 0. The van der Waals surface area contributed by atoms with E-state index in [1.165, 1.54) is 4.90 Å². The van der Waals surface area contributed by atoms with Gasteiger partial charge in [-0.15, -0.1) is 11.8 Å². The molecule has 0 saturated carbocycles. The molecule has 0 amide bonds. The van der Waals surface area contributed by atoms with E-state index in [1.54, 1.807) is 18.7 Å². The molecule has 0 radical (unpaired) electrons. The Morgan fingerprint density at radius 3 is 2.50 bits per heavy atom. The SMILES string of the molecule is CC(N)C(=O)c1ccc(SC2COC2)cc1. The zero-order valence-corrected chi connectivity index (χ0v) is 10.00. The molecule has 0 bridgehead atoms. The van der Waals surface area contributed by atoms with Gasteiger partial charge < -0.3 is 10.5 Å². The molecule has 1 atom stereocenters. The van der Waals surface area contributed by atoms with E-state index in [2.05, 4.69) is 0 Å². The summed E-state index contributed by atoms with van der Waals surface area (Å²) >= 11 is 1.79. The van der Waals surface area contributed by atoms with Gasteiger partial charge in [-0.05, 0) is 19.1 Å². The number of nitrogens with two attached hydrogens (primary N) is 1. The predicted molar refractivity (Wildman–Crippen MR) is 64.9 cm³/mol. The number of Topliss-reactive ketones (excluding diaryl/α,β-unsaturated/α-hetero) is 1. The molecule has 16 heavy (non-hydrogen) atoms. The Bertz CT molecular complexity index is 371. The van der Waals surface area contributed by atoms with Crippen LogP contribution in [-0.2, 0) is 4.74 Å². The standard InChI is InChI=1S/C12H15NO2S/c1-8(13)12(14)9-2-4-10(5-3-9)16-11-6-15-7-11/h2-5,8,11H,6-7,13H2,1H3. The maximum absolute atomic E-state index is 11.6. The van der Waals surface area contributed by atoms with Gasteiger partial charge in [0.25, 0.3) is 0 Å². The van der Waals surface area contributed by atoms with Crippen molar-refractivity contribution in [2.24, 2.45) is 5.73 Å². The second-order valence-corrected chi connectivity index (χ2v) is 5.33. The van der Waals surface area contributed by atoms with Gasteiger partial charge in [0.05, 0.1) is 24.5 Å². The Labute approximate surface area is 99.4 Å². The third kappa shape index (κ3) is 2.64. The largest absolute Gasteiger partial charge is 0.379 e. The average Bonchev–Trinajstić information content (AvgIpc) is 2.23. The van der Waals surface area contributed by atoms with Gasteiger partial charge in [0.1, 0.15) is 0 Å². The van der Waals surface area contributed by atoms with Gasteiger partial charge in [0, 0.05) is 10.5 Å². The lowest BCUT2D eigenvalue weighted by molar-refractivity contribution is 0.0455. The summed E-state index contributed by atoms with van der Waals surface area (Å²) in [6.07, 6.45) is 0. The maximum atomic E-state index is 11.6. The first-order valence-electron chi connectivity index (χ1n) is 5.31. The van der Waals surface area contributed by atoms with Crippen molar-refractivity contribution in [2.75, 3.05) is 13.2 Å². The molecule has 86 valence electrons. The van der Waals surface area contributed by atoms with Crippen LogP contribution in [0.25, 0.3) is 0 Å². The van der Waals surface area contributed by atoms with Crippen molar-refractivity contribution in [1.29, 1.82) is 0 Å². The highest BCUT2D eigenvalue weighted by atomic mass is 32.2. The zero-order valence-electron chi connectivity index (χ0n) is 9.18. The van der Waals surface area contributed by atoms with Crippen LogP contribution in [0.15, 0.2) is 29.2 Å². The van der Waals surface area contributed by atoms with Crippen molar-refractivity contribution >= 4 is 17.5 Å². The highest BCUT2D eigenvalue weighted by Gasteiger charge is 2.19. The molecule has 1 saturated heterocycles. The van der Waals surface area contributed by atoms with E-state index in [0.29, 0.717) is 10.8 Å². The van der Waals surface area contributed by atoms with Gasteiger partial charge in [-0.1, -0.05) is 12.1 Å². The molecular weight excluding hydrogens is 222 g/mol. The number of hydrogen-bond acceptors (Lipinski definition) is 4. The zero-order chi connectivity index (χ0) is 11.5. The first-order valence-corrected chi connectivity index (χ1v) is 6.19. The number of benzene rings is 1. The molecule has 2 N–H and O–H groups in total. The Morgan fingerprint density at radius 2 is 2.06 bits per heavy atom. The van der Waals surface area contributed by atoms with E-state index in [-0.39, 0.29) is 5.78 Å². The third-order valence-electron chi connectivity index (χ3n) is 2.46. The Kier molecular flexibility index (Phi) is 3.63. The summed E-state index contributed by atoms with van der Waals surface area (Å²) in [6.45, 7) is 3.35. The van der Waals surface area contributed by atoms with Gasteiger partial charge in [0.15, 0.2) is 5.78 Å². The van der Waals surface area contributed by atoms with E-state index >= 15 is 0 Å². The second kappa shape index (κ2) is 4.99. The molecule has 3 nitrogen and oxygen atoms in total. The van der Waals surface area contributed by atoms with Gasteiger partial charge >= 0.3 is 0 Å². The van der Waals surface area contributed by atoms with Crippen LogP contribution in [-0.4, -0.2) is 30.3 Å². The highest BCUT2D eigenvalue weighted by molar-refractivity contribution is 8.00. The minimum atomic E-state index is -0.432. The van der Waals surface area contributed by atoms with E-state index in [4.69, 9.17) is 10.5 Å². The van der Waals surface area contributed by atoms with E-state index < -0.39 is 6.04 Å². The molecule has 0 aliphatic carbocycles. The van der Waals surface area contributed by atoms with Gasteiger partial charge in [-0.25, -0.2) is 0 Å². The molecule has 1 heterocycles. The molecular formula is C12H15NO2S. The predicted octanol–water partition coefficient (Wildman–Crippen LogP) is 1.71. The number of carbonyl (C=O) groups excluding carboxylic acids is 1. The topological polar surface area (TPSA) is 52.3 Å². The van der Waals surface area contributed by atoms with E-state index in [0.717, 1.165) is 13.2 Å². The van der Waals surface area contributed by atoms with E-state index in [9.17, 15) is 4.79 Å². The fourth-order valence-electron chi connectivity index (χ4n) is 1.44. The van der Waals surface area contributed by atoms with Gasteiger partial charge in [0.2, 0.25) is 0 Å². The lowest BCUT2D eigenvalue weighted by Gasteiger charge is -2.25. The smallest absolute Gasteiger partial charge is 0.179 e. The molecule has 4 heteroatoms. The van der Waals surface area contributed by atoms with Crippen molar-refractivity contribution in [2.45, 2.75) is 23.1 Å². The molecule has 1 aliphatic rings. The van der Waals surface area contributed by atoms with Crippen molar-refractivity contribution < 1.29 is 9.53 Å². The number of rotatable bonds is 4. The van der Waals surface area contributed by atoms with Crippen molar-refractivity contribution in [3.05, 3.63) is 29.8 Å². The van der Waals surface area contributed by atoms with Crippen LogP contribution in [0.3, 0.4) is 0 Å². The van der Waals surface area contributed by atoms with Crippen LogP contribution in [0.5, 0.6) is 0 Å². The minimum Gasteiger partial charge on any atom is -0.379 e. The lowest BCUT2D eigenvalue weighted by atomic mass is 10.1. The summed E-state index contributed by atoms with van der Waals surface area (Å²) in [5.74, 6) is -0.0106. The Hall–Kier alpha value is -0.840. The summed E-state index contributed by atoms with van der Waals surface area (Å²) < 4.78 is 5.11. The number of hydrogen-bond donors (Lipinski definition) is 1. The molecule has 0 aromatic heterocycles. The van der Waals surface area contributed by atoms with E-state index in [1.807, 2.05) is 24.3 Å². The van der Waals surface area contributed by atoms with Crippen molar-refractivity contribution in [3.63, 3.8) is 0 Å². The molecule has 1 aromatic carbocycles. The fraction of sp³-hybridized carbons (Fsp3) is 0.417. The van der Waals surface area contributed by atoms with Crippen LogP contribution in [0.2, 0.25) is 0 Å². The minimum absolute atomic E-state index is 0.0106. The van der Waals surface area contributed by atoms with Crippen LogP contribution in [0, 0.1) is 0 Å².